The number of carbonyl (C=O) groups excluding carboxylic acids is 1. The zero-order valence-electron chi connectivity index (χ0n) is 16.0. The average Bonchev–Trinajstić information content (AvgIpc) is 2.75. The van der Waals surface area contributed by atoms with Gasteiger partial charge in [0, 0.05) is 56.2 Å². The van der Waals surface area contributed by atoms with Gasteiger partial charge >= 0.3 is 0 Å². The Balaban J connectivity index is 1.71. The van der Waals surface area contributed by atoms with Gasteiger partial charge in [-0.1, -0.05) is 19.9 Å². The van der Waals surface area contributed by atoms with Crippen LogP contribution in [0.5, 0.6) is 5.75 Å². The van der Waals surface area contributed by atoms with Crippen LogP contribution in [-0.4, -0.2) is 62.2 Å². The lowest BCUT2D eigenvalue weighted by molar-refractivity contribution is -0.128. The van der Waals surface area contributed by atoms with Gasteiger partial charge in [0.05, 0.1) is 20.3 Å². The van der Waals surface area contributed by atoms with E-state index in [1.54, 1.807) is 12.1 Å². The molecule has 2 aliphatic rings. The summed E-state index contributed by atoms with van der Waals surface area (Å²) in [4.78, 5) is 16.6. The van der Waals surface area contributed by atoms with Crippen LogP contribution in [0.4, 0.5) is 4.39 Å². The number of benzene rings is 1. The Bertz CT molecular complexity index is 652. The van der Waals surface area contributed by atoms with E-state index in [0.29, 0.717) is 43.4 Å². The topological polar surface area (TPSA) is 42.0 Å². The van der Waals surface area contributed by atoms with Crippen LogP contribution in [0.2, 0.25) is 0 Å². The number of halogens is 1. The fraction of sp³-hybridized carbons (Fsp3) is 0.650. The summed E-state index contributed by atoms with van der Waals surface area (Å²) in [6.07, 6.45) is 0.515. The monoisotopic (exact) mass is 364 g/mol. The molecule has 1 atom stereocenters. The van der Waals surface area contributed by atoms with Crippen molar-refractivity contribution in [3.63, 3.8) is 0 Å². The van der Waals surface area contributed by atoms with E-state index in [-0.39, 0.29) is 17.1 Å². The molecule has 144 valence electrons. The van der Waals surface area contributed by atoms with E-state index in [1.807, 2.05) is 4.90 Å². The molecule has 5 nitrogen and oxygen atoms in total. The Hall–Kier alpha value is -1.66. The van der Waals surface area contributed by atoms with Crippen molar-refractivity contribution in [3.05, 3.63) is 29.6 Å². The zero-order valence-corrected chi connectivity index (χ0v) is 16.0. The molecule has 0 unspecified atom stereocenters. The van der Waals surface area contributed by atoms with E-state index in [1.165, 1.54) is 13.2 Å². The van der Waals surface area contributed by atoms with E-state index in [9.17, 15) is 9.18 Å². The van der Waals surface area contributed by atoms with Gasteiger partial charge in [-0.15, -0.1) is 0 Å². The smallest absolute Gasteiger partial charge is 0.223 e. The number of likely N-dealkylation sites (tertiary alicyclic amines) is 1. The summed E-state index contributed by atoms with van der Waals surface area (Å²) in [6, 6.07) is 4.98. The Morgan fingerprint density at radius 1 is 1.35 bits per heavy atom. The van der Waals surface area contributed by atoms with Crippen molar-refractivity contribution >= 4 is 5.91 Å². The van der Waals surface area contributed by atoms with Gasteiger partial charge in [0.1, 0.15) is 11.6 Å². The van der Waals surface area contributed by atoms with Crippen molar-refractivity contribution in [2.75, 3.05) is 46.5 Å². The molecule has 2 aliphatic heterocycles. The van der Waals surface area contributed by atoms with Gasteiger partial charge in [-0.05, 0) is 12.0 Å². The fourth-order valence-electron chi connectivity index (χ4n) is 4.03. The minimum atomic E-state index is -0.257. The lowest BCUT2D eigenvalue weighted by atomic mass is 9.87. The van der Waals surface area contributed by atoms with E-state index in [4.69, 9.17) is 9.47 Å². The maximum Gasteiger partial charge on any atom is 0.223 e. The molecule has 1 aromatic carbocycles. The summed E-state index contributed by atoms with van der Waals surface area (Å²) in [5.74, 6) is 0.921. The first-order chi connectivity index (χ1) is 12.4. The third-order valence-corrected chi connectivity index (χ3v) is 5.16. The minimum absolute atomic E-state index is 0.189. The minimum Gasteiger partial charge on any atom is -0.497 e. The molecule has 1 spiro atoms. The molecule has 2 fully saturated rings. The first-order valence-corrected chi connectivity index (χ1v) is 9.31. The molecule has 2 saturated heterocycles. The predicted molar refractivity (Wildman–Crippen MR) is 97.5 cm³/mol. The molecule has 3 rings (SSSR count). The standard InChI is InChI=1S/C20H29FN2O3/c1-15(2)10-23-13-20(9-19(23)24)12-22(6-7-26-14-20)11-16-4-5-17(25-3)8-18(16)21/h4-5,8,15H,6-7,9-14H2,1-3H3/t20-/m1/s1. The van der Waals surface area contributed by atoms with Crippen LogP contribution in [0.1, 0.15) is 25.8 Å². The molecule has 0 bridgehead atoms. The predicted octanol–water partition coefficient (Wildman–Crippen LogP) is 2.54. The number of carbonyl (C=O) groups is 1. The normalized spacial score (nSPS) is 24.5. The number of hydrogen-bond donors (Lipinski definition) is 0. The Labute approximate surface area is 155 Å². The molecular formula is C20H29FN2O3. The van der Waals surface area contributed by atoms with Crippen molar-refractivity contribution in [1.82, 2.24) is 9.80 Å². The average molecular weight is 364 g/mol. The molecule has 2 heterocycles. The third kappa shape index (κ3) is 4.35. The first kappa shape index (κ1) is 19.1. The maximum atomic E-state index is 14.3. The van der Waals surface area contributed by atoms with E-state index in [0.717, 1.165) is 26.2 Å². The second kappa shape index (κ2) is 7.92. The van der Waals surface area contributed by atoms with Crippen LogP contribution in [0, 0.1) is 17.2 Å². The van der Waals surface area contributed by atoms with Gasteiger partial charge in [-0.25, -0.2) is 4.39 Å². The summed E-state index contributed by atoms with van der Waals surface area (Å²) in [7, 11) is 1.53. The van der Waals surface area contributed by atoms with Crippen LogP contribution in [-0.2, 0) is 16.1 Å². The Morgan fingerprint density at radius 2 is 2.15 bits per heavy atom. The molecule has 0 saturated carbocycles. The maximum absolute atomic E-state index is 14.3. The zero-order chi connectivity index (χ0) is 18.7. The highest BCUT2D eigenvalue weighted by molar-refractivity contribution is 5.79. The number of amides is 1. The highest BCUT2D eigenvalue weighted by Gasteiger charge is 2.45. The van der Waals surface area contributed by atoms with Crippen LogP contribution in [0.25, 0.3) is 0 Å². The molecule has 6 heteroatoms. The summed E-state index contributed by atoms with van der Waals surface area (Å²) in [5.41, 5.74) is 0.456. The first-order valence-electron chi connectivity index (χ1n) is 9.31. The van der Waals surface area contributed by atoms with Crippen molar-refractivity contribution in [1.29, 1.82) is 0 Å². The van der Waals surface area contributed by atoms with Crippen molar-refractivity contribution in [3.8, 4) is 5.75 Å². The molecule has 26 heavy (non-hydrogen) atoms. The van der Waals surface area contributed by atoms with E-state index < -0.39 is 0 Å². The molecule has 0 aliphatic carbocycles. The van der Waals surface area contributed by atoms with E-state index >= 15 is 0 Å². The van der Waals surface area contributed by atoms with Gasteiger partial charge in [-0.2, -0.15) is 0 Å². The number of methoxy groups -OCH3 is 1. The Kier molecular flexibility index (Phi) is 5.82. The number of nitrogens with zero attached hydrogens (tertiary/aromatic N) is 2. The molecule has 0 radical (unpaired) electrons. The SMILES string of the molecule is COc1ccc(CN2CCOC[C@]3(CC(=O)N(CC(C)C)C3)C2)c(F)c1. The lowest BCUT2D eigenvalue weighted by Gasteiger charge is -2.31. The van der Waals surface area contributed by atoms with Gasteiger partial charge < -0.3 is 14.4 Å². The number of ether oxygens (including phenoxy) is 2. The molecular weight excluding hydrogens is 335 g/mol. The number of rotatable bonds is 5. The van der Waals surface area contributed by atoms with Crippen molar-refractivity contribution in [2.45, 2.75) is 26.8 Å². The summed E-state index contributed by atoms with van der Waals surface area (Å²) >= 11 is 0. The lowest BCUT2D eigenvalue weighted by Crippen LogP contribution is -2.41. The van der Waals surface area contributed by atoms with Crippen LogP contribution in [0.3, 0.4) is 0 Å². The molecule has 1 aromatic rings. The summed E-state index contributed by atoms with van der Waals surface area (Å²) < 4.78 is 25.2. The highest BCUT2D eigenvalue weighted by atomic mass is 19.1. The highest BCUT2D eigenvalue weighted by Crippen LogP contribution is 2.35. The van der Waals surface area contributed by atoms with Crippen molar-refractivity contribution in [2.24, 2.45) is 11.3 Å². The van der Waals surface area contributed by atoms with E-state index in [2.05, 4.69) is 18.7 Å². The van der Waals surface area contributed by atoms with Crippen molar-refractivity contribution < 1.29 is 18.7 Å². The van der Waals surface area contributed by atoms with Crippen LogP contribution in [0.15, 0.2) is 18.2 Å². The fourth-order valence-corrected chi connectivity index (χ4v) is 4.03. The number of hydrogen-bond acceptors (Lipinski definition) is 4. The molecule has 0 aromatic heterocycles. The van der Waals surface area contributed by atoms with Crippen LogP contribution < -0.4 is 4.74 Å². The molecule has 1 amide bonds. The van der Waals surface area contributed by atoms with Gasteiger partial charge in [0.15, 0.2) is 0 Å². The molecule has 0 N–H and O–H groups in total. The largest absolute Gasteiger partial charge is 0.497 e. The summed E-state index contributed by atoms with van der Waals surface area (Å²) in [6.45, 7) is 8.97. The van der Waals surface area contributed by atoms with Gasteiger partial charge in [-0.3, -0.25) is 9.69 Å². The van der Waals surface area contributed by atoms with Gasteiger partial charge in [0.25, 0.3) is 0 Å². The second-order valence-electron chi connectivity index (χ2n) is 8.07. The Morgan fingerprint density at radius 3 is 2.85 bits per heavy atom. The van der Waals surface area contributed by atoms with Gasteiger partial charge in [0.2, 0.25) is 5.91 Å². The second-order valence-corrected chi connectivity index (χ2v) is 8.07. The quantitative estimate of drug-likeness (QED) is 0.805. The third-order valence-electron chi connectivity index (χ3n) is 5.16. The van der Waals surface area contributed by atoms with Crippen LogP contribution >= 0.6 is 0 Å². The summed E-state index contributed by atoms with van der Waals surface area (Å²) in [5, 5.41) is 0.